The molecule has 0 aliphatic heterocycles. The first kappa shape index (κ1) is 27.4. The van der Waals surface area contributed by atoms with E-state index in [9.17, 15) is 23.1 Å². The van der Waals surface area contributed by atoms with E-state index in [1.54, 1.807) is 35.4 Å². The van der Waals surface area contributed by atoms with E-state index in [1.165, 1.54) is 18.2 Å². The lowest BCUT2D eigenvalue weighted by atomic mass is 10.1. The zero-order chi connectivity index (χ0) is 27.3. The van der Waals surface area contributed by atoms with Crippen LogP contribution in [0.15, 0.2) is 59.9 Å². The standard InChI is InChI=1S/C23H23Cl2N7O5S/c24-16-5-2-6-17(25)20(16)38(36,37)31-18(22(34)35)13-29-21(33)14-4-1-7-19-15(14)12-30-32(19)11-3-8-26-23-27-9-10-28-23/h1-2,4-7,9-10,12,18,31H,3,8,11,13H2,(H,29,33)(H,34,35)(H2,26,27,28). The Labute approximate surface area is 227 Å². The second-order valence-electron chi connectivity index (χ2n) is 8.10. The van der Waals surface area contributed by atoms with Crippen LogP contribution in [0.25, 0.3) is 10.9 Å². The summed E-state index contributed by atoms with van der Waals surface area (Å²) in [5.41, 5.74) is 0.989. The number of nitrogens with zero attached hydrogens (tertiary/aromatic N) is 3. The van der Waals surface area contributed by atoms with Crippen molar-refractivity contribution in [3.05, 3.63) is 70.6 Å². The highest BCUT2D eigenvalue weighted by molar-refractivity contribution is 7.89. The summed E-state index contributed by atoms with van der Waals surface area (Å²) in [6.45, 7) is 0.704. The summed E-state index contributed by atoms with van der Waals surface area (Å²) >= 11 is 11.9. The van der Waals surface area contributed by atoms with E-state index in [-0.39, 0.29) is 15.6 Å². The number of amides is 1. The molecule has 0 aliphatic carbocycles. The van der Waals surface area contributed by atoms with Gasteiger partial charge in [0.25, 0.3) is 5.91 Å². The minimum absolute atomic E-state index is 0.168. The molecule has 1 unspecified atom stereocenters. The molecule has 0 fully saturated rings. The average Bonchev–Trinajstić information content (AvgIpc) is 3.53. The van der Waals surface area contributed by atoms with E-state index in [2.05, 4.69) is 25.7 Å². The van der Waals surface area contributed by atoms with Gasteiger partial charge in [-0.25, -0.2) is 13.4 Å². The second-order valence-corrected chi connectivity index (χ2v) is 10.6. The van der Waals surface area contributed by atoms with E-state index in [1.807, 2.05) is 10.8 Å². The van der Waals surface area contributed by atoms with Crippen LogP contribution < -0.4 is 15.4 Å². The van der Waals surface area contributed by atoms with Gasteiger partial charge < -0.3 is 20.7 Å². The molecule has 0 bridgehead atoms. The minimum atomic E-state index is -4.41. The van der Waals surface area contributed by atoms with Gasteiger partial charge in [0, 0.05) is 37.4 Å². The van der Waals surface area contributed by atoms with Crippen LogP contribution in [0.5, 0.6) is 0 Å². The molecule has 12 nitrogen and oxygen atoms in total. The van der Waals surface area contributed by atoms with Gasteiger partial charge in [-0.05, 0) is 30.7 Å². The number of carbonyl (C=O) groups is 2. The molecule has 2 heterocycles. The van der Waals surface area contributed by atoms with Crippen molar-refractivity contribution >= 4 is 62.0 Å². The number of sulfonamides is 1. The molecule has 0 radical (unpaired) electrons. The number of hydrogen-bond donors (Lipinski definition) is 5. The minimum Gasteiger partial charge on any atom is -0.480 e. The summed E-state index contributed by atoms with van der Waals surface area (Å²) in [6, 6.07) is 7.49. The molecule has 0 saturated carbocycles. The van der Waals surface area contributed by atoms with E-state index in [4.69, 9.17) is 23.2 Å². The number of carbonyl (C=O) groups excluding carboxylic acids is 1. The molecule has 38 heavy (non-hydrogen) atoms. The first-order chi connectivity index (χ1) is 18.2. The fourth-order valence-electron chi connectivity index (χ4n) is 3.73. The number of carboxylic acid groups (broad SMARTS) is 1. The molecular formula is C23H23Cl2N7O5S. The third-order valence-electron chi connectivity index (χ3n) is 5.52. The van der Waals surface area contributed by atoms with Gasteiger partial charge in [0.05, 0.1) is 27.3 Å². The van der Waals surface area contributed by atoms with Crippen LogP contribution in [-0.4, -0.2) is 64.3 Å². The highest BCUT2D eigenvalue weighted by Gasteiger charge is 2.29. The number of carboxylic acids is 1. The Balaban J connectivity index is 1.42. The molecule has 1 amide bonds. The third-order valence-corrected chi connectivity index (χ3v) is 7.95. The molecule has 0 spiro atoms. The Hall–Kier alpha value is -3.65. The van der Waals surface area contributed by atoms with Gasteiger partial charge in [0.2, 0.25) is 10.0 Å². The van der Waals surface area contributed by atoms with Crippen LogP contribution >= 0.6 is 23.2 Å². The number of anilines is 1. The van der Waals surface area contributed by atoms with Crippen molar-refractivity contribution in [2.45, 2.75) is 23.9 Å². The molecule has 0 aliphatic rings. The van der Waals surface area contributed by atoms with Crippen LogP contribution in [0.4, 0.5) is 5.95 Å². The van der Waals surface area contributed by atoms with Crippen molar-refractivity contribution in [1.29, 1.82) is 0 Å². The molecule has 1 atom stereocenters. The number of rotatable bonds is 12. The number of H-pyrrole nitrogens is 1. The van der Waals surface area contributed by atoms with Gasteiger partial charge in [-0.3, -0.25) is 14.3 Å². The fourth-order valence-corrected chi connectivity index (χ4v) is 6.06. The van der Waals surface area contributed by atoms with Crippen LogP contribution in [0, 0.1) is 0 Å². The monoisotopic (exact) mass is 579 g/mol. The maximum Gasteiger partial charge on any atom is 0.323 e. The number of imidazole rings is 1. The van der Waals surface area contributed by atoms with Gasteiger partial charge in [0.1, 0.15) is 10.9 Å². The molecule has 4 aromatic rings. The van der Waals surface area contributed by atoms with E-state index in [0.29, 0.717) is 24.4 Å². The van der Waals surface area contributed by atoms with Crippen molar-refractivity contribution in [2.75, 3.05) is 18.4 Å². The van der Waals surface area contributed by atoms with Gasteiger partial charge in [0.15, 0.2) is 5.95 Å². The third kappa shape index (κ3) is 6.25. The number of aromatic amines is 1. The number of halogens is 2. The molecule has 2 aromatic heterocycles. The quantitative estimate of drug-likeness (QED) is 0.159. The van der Waals surface area contributed by atoms with E-state index >= 15 is 0 Å². The fraction of sp³-hybridized carbons (Fsp3) is 0.217. The highest BCUT2D eigenvalue weighted by Crippen LogP contribution is 2.29. The molecule has 200 valence electrons. The molecule has 0 saturated heterocycles. The van der Waals surface area contributed by atoms with Crippen LogP contribution in [-0.2, 0) is 21.4 Å². The van der Waals surface area contributed by atoms with E-state index in [0.717, 1.165) is 11.9 Å². The van der Waals surface area contributed by atoms with Crippen LogP contribution in [0.2, 0.25) is 10.0 Å². The first-order valence-corrected chi connectivity index (χ1v) is 13.6. The van der Waals surface area contributed by atoms with Crippen LogP contribution in [0.3, 0.4) is 0 Å². The smallest absolute Gasteiger partial charge is 0.323 e. The van der Waals surface area contributed by atoms with E-state index < -0.39 is 39.4 Å². The Morgan fingerprint density at radius 3 is 2.55 bits per heavy atom. The SMILES string of the molecule is O=C(NCC(NS(=O)(=O)c1c(Cl)cccc1Cl)C(=O)O)c1cccc2c1cnn2CCCNc1ncc[nH]1. The van der Waals surface area contributed by atoms with Gasteiger partial charge in [-0.15, -0.1) is 0 Å². The zero-order valence-electron chi connectivity index (χ0n) is 19.7. The lowest BCUT2D eigenvalue weighted by Crippen LogP contribution is -2.48. The predicted molar refractivity (Wildman–Crippen MR) is 142 cm³/mol. The number of aromatic nitrogens is 4. The maximum atomic E-state index is 12.9. The maximum absolute atomic E-state index is 12.9. The summed E-state index contributed by atoms with van der Waals surface area (Å²) in [5, 5.41) is 19.8. The molecule has 4 rings (SSSR count). The summed E-state index contributed by atoms with van der Waals surface area (Å²) in [5.74, 6) is -1.41. The first-order valence-electron chi connectivity index (χ1n) is 11.3. The van der Waals surface area contributed by atoms with Crippen molar-refractivity contribution in [3.63, 3.8) is 0 Å². The largest absolute Gasteiger partial charge is 0.480 e. The number of fused-ring (bicyclic) bond motifs is 1. The second kappa shape index (κ2) is 11.8. The highest BCUT2D eigenvalue weighted by atomic mass is 35.5. The zero-order valence-corrected chi connectivity index (χ0v) is 22.0. The Morgan fingerprint density at radius 2 is 1.87 bits per heavy atom. The average molecular weight is 580 g/mol. The Bertz CT molecular complexity index is 1540. The summed E-state index contributed by atoms with van der Waals surface area (Å²) in [6.07, 6.45) is 5.67. The van der Waals surface area contributed by atoms with Gasteiger partial charge in [-0.1, -0.05) is 35.3 Å². The van der Waals surface area contributed by atoms with Gasteiger partial charge >= 0.3 is 5.97 Å². The van der Waals surface area contributed by atoms with Crippen molar-refractivity contribution < 1.29 is 23.1 Å². The number of benzene rings is 2. The number of aryl methyl sites for hydroxylation is 1. The van der Waals surface area contributed by atoms with Crippen molar-refractivity contribution in [3.8, 4) is 0 Å². The Kier molecular flexibility index (Phi) is 8.52. The molecule has 5 N–H and O–H groups in total. The van der Waals surface area contributed by atoms with Crippen molar-refractivity contribution in [1.82, 2.24) is 29.8 Å². The summed E-state index contributed by atoms with van der Waals surface area (Å²) < 4.78 is 29.4. The number of hydrogen-bond acceptors (Lipinski definition) is 7. The number of nitrogens with one attached hydrogen (secondary N) is 4. The Morgan fingerprint density at radius 1 is 1.13 bits per heavy atom. The topological polar surface area (TPSA) is 171 Å². The molecule has 15 heteroatoms. The lowest BCUT2D eigenvalue weighted by Gasteiger charge is -2.17. The van der Waals surface area contributed by atoms with Crippen molar-refractivity contribution in [2.24, 2.45) is 0 Å². The normalized spacial score (nSPS) is 12.4. The molecule has 2 aromatic carbocycles. The summed E-state index contributed by atoms with van der Waals surface area (Å²) in [4.78, 5) is 31.3. The molecular weight excluding hydrogens is 557 g/mol. The number of aliphatic carboxylic acids is 1. The lowest BCUT2D eigenvalue weighted by molar-refractivity contribution is -0.138. The van der Waals surface area contributed by atoms with Gasteiger partial charge in [-0.2, -0.15) is 9.82 Å². The van der Waals surface area contributed by atoms with Crippen LogP contribution in [0.1, 0.15) is 16.8 Å². The summed E-state index contributed by atoms with van der Waals surface area (Å²) in [7, 11) is -4.41. The predicted octanol–water partition coefficient (Wildman–Crippen LogP) is 2.73.